The fourth-order valence-corrected chi connectivity index (χ4v) is 4.77. The van der Waals surface area contributed by atoms with Crippen molar-refractivity contribution >= 4 is 57.2 Å². The number of aromatic nitrogens is 4. The summed E-state index contributed by atoms with van der Waals surface area (Å²) < 4.78 is 1.76. The average Bonchev–Trinajstić information content (AvgIpc) is 3.50. The zero-order chi connectivity index (χ0) is 25.9. The topological polar surface area (TPSA) is 122 Å². The number of hydrogen-bond acceptors (Lipinski definition) is 7. The van der Waals surface area contributed by atoms with Gasteiger partial charge in [-0.25, -0.2) is 9.97 Å². The number of fused-ring (bicyclic) bond motifs is 1. The molecule has 2 N–H and O–H groups in total. The monoisotopic (exact) mass is 517 g/mol. The van der Waals surface area contributed by atoms with Crippen LogP contribution in [-0.4, -0.2) is 54.6 Å². The highest BCUT2D eigenvalue weighted by Gasteiger charge is 2.34. The van der Waals surface area contributed by atoms with E-state index in [1.165, 1.54) is 25.6 Å². The molecule has 0 saturated carbocycles. The second kappa shape index (κ2) is 10.4. The second-order valence-corrected chi connectivity index (χ2v) is 9.27. The SMILES string of the molecule is CC(=O)c1cn(CC(=O)N2CCCC2C(=O)Nc2cncc(Cl)c2)c2ccc(Nc3cncnc3)cc12. The average molecular weight is 518 g/mol. The molecule has 0 bridgehead atoms. The molecule has 188 valence electrons. The molecule has 4 aromatic rings. The summed E-state index contributed by atoms with van der Waals surface area (Å²) in [6, 6.07) is 6.61. The summed E-state index contributed by atoms with van der Waals surface area (Å²) in [7, 11) is 0. The van der Waals surface area contributed by atoms with Crippen LogP contribution in [-0.2, 0) is 16.1 Å². The predicted molar refractivity (Wildman–Crippen MR) is 140 cm³/mol. The minimum absolute atomic E-state index is 0.00554. The zero-order valence-corrected chi connectivity index (χ0v) is 20.8. The molecule has 0 spiro atoms. The Morgan fingerprint density at radius 3 is 2.57 bits per heavy atom. The molecule has 4 heterocycles. The number of rotatable bonds is 7. The van der Waals surface area contributed by atoms with Gasteiger partial charge in [0.1, 0.15) is 18.9 Å². The number of anilines is 3. The lowest BCUT2D eigenvalue weighted by Gasteiger charge is -2.24. The first-order valence-corrected chi connectivity index (χ1v) is 12.1. The van der Waals surface area contributed by atoms with E-state index in [1.807, 2.05) is 18.2 Å². The molecule has 1 atom stereocenters. The van der Waals surface area contributed by atoms with Crippen molar-refractivity contribution in [3.05, 3.63) is 72.2 Å². The highest BCUT2D eigenvalue weighted by molar-refractivity contribution is 6.30. The van der Waals surface area contributed by atoms with Crippen molar-refractivity contribution in [2.24, 2.45) is 0 Å². The van der Waals surface area contributed by atoms with Crippen LogP contribution in [0.2, 0.25) is 5.02 Å². The van der Waals surface area contributed by atoms with Gasteiger partial charge in [0.2, 0.25) is 11.8 Å². The van der Waals surface area contributed by atoms with Crippen molar-refractivity contribution in [1.82, 2.24) is 24.4 Å². The number of halogens is 1. The standard InChI is InChI=1S/C26H24ClN7O3/c1-16(35)22-13-33(23-5-4-18(8-21(22)23)31-20-11-29-15-30-12-20)14-25(36)34-6-2-3-24(34)26(37)32-19-7-17(27)9-28-10-19/h4-5,7-13,15,24,31H,2-3,6,14H2,1H3,(H,32,37). The molecular formula is C26H24ClN7O3. The molecule has 1 aliphatic heterocycles. The van der Waals surface area contributed by atoms with Crippen LogP contribution >= 0.6 is 11.6 Å². The summed E-state index contributed by atoms with van der Waals surface area (Å²) in [4.78, 5) is 52.3. The lowest BCUT2D eigenvalue weighted by atomic mass is 10.1. The van der Waals surface area contributed by atoms with Crippen LogP contribution in [0.3, 0.4) is 0 Å². The normalized spacial score (nSPS) is 15.1. The molecule has 0 aliphatic carbocycles. The Balaban J connectivity index is 1.36. The van der Waals surface area contributed by atoms with E-state index in [9.17, 15) is 14.4 Å². The van der Waals surface area contributed by atoms with Gasteiger partial charge in [-0.3, -0.25) is 19.4 Å². The summed E-state index contributed by atoms with van der Waals surface area (Å²) >= 11 is 5.96. The number of likely N-dealkylation sites (tertiary alicyclic amines) is 1. The van der Waals surface area contributed by atoms with Gasteiger partial charge < -0.3 is 20.1 Å². The molecule has 1 unspecified atom stereocenters. The fourth-order valence-electron chi connectivity index (χ4n) is 4.60. The molecule has 2 amide bonds. The van der Waals surface area contributed by atoms with Gasteiger partial charge in [-0.05, 0) is 44.0 Å². The van der Waals surface area contributed by atoms with Crippen molar-refractivity contribution < 1.29 is 14.4 Å². The van der Waals surface area contributed by atoms with E-state index in [-0.39, 0.29) is 24.1 Å². The summed E-state index contributed by atoms with van der Waals surface area (Å²) in [6.07, 6.45) is 10.7. The molecule has 11 heteroatoms. The third kappa shape index (κ3) is 5.29. The van der Waals surface area contributed by atoms with Gasteiger partial charge in [0.05, 0.1) is 35.0 Å². The largest absolute Gasteiger partial charge is 0.353 e. The van der Waals surface area contributed by atoms with E-state index in [1.54, 1.807) is 34.1 Å². The lowest BCUT2D eigenvalue weighted by Crippen LogP contribution is -2.44. The Hall–Kier alpha value is -4.31. The van der Waals surface area contributed by atoms with Gasteiger partial charge in [-0.15, -0.1) is 0 Å². The van der Waals surface area contributed by atoms with E-state index in [2.05, 4.69) is 25.6 Å². The van der Waals surface area contributed by atoms with Gasteiger partial charge in [0.25, 0.3) is 0 Å². The van der Waals surface area contributed by atoms with Crippen molar-refractivity contribution in [2.45, 2.75) is 32.4 Å². The molecule has 10 nitrogen and oxygen atoms in total. The van der Waals surface area contributed by atoms with Gasteiger partial charge in [-0.1, -0.05) is 11.6 Å². The number of hydrogen-bond donors (Lipinski definition) is 2. The number of pyridine rings is 1. The van der Waals surface area contributed by atoms with Crippen LogP contribution in [0.5, 0.6) is 0 Å². The summed E-state index contributed by atoms with van der Waals surface area (Å²) in [5.74, 6) is -0.584. The Morgan fingerprint density at radius 1 is 1.03 bits per heavy atom. The minimum Gasteiger partial charge on any atom is -0.353 e. The van der Waals surface area contributed by atoms with Crippen LogP contribution < -0.4 is 10.6 Å². The number of benzene rings is 1. The molecule has 37 heavy (non-hydrogen) atoms. The molecule has 5 rings (SSSR count). The van der Waals surface area contributed by atoms with Gasteiger partial charge in [-0.2, -0.15) is 0 Å². The Labute approximate surface area is 217 Å². The van der Waals surface area contributed by atoms with Gasteiger partial charge >= 0.3 is 0 Å². The number of ketones is 1. The van der Waals surface area contributed by atoms with Crippen LogP contribution in [0.1, 0.15) is 30.1 Å². The lowest BCUT2D eigenvalue weighted by molar-refractivity contribution is -0.137. The molecule has 1 aliphatic rings. The summed E-state index contributed by atoms with van der Waals surface area (Å²) in [5, 5.41) is 7.16. The van der Waals surface area contributed by atoms with Crippen LogP contribution in [0.25, 0.3) is 10.9 Å². The number of nitrogens with one attached hydrogen (secondary N) is 2. The number of nitrogens with zero attached hydrogens (tertiary/aromatic N) is 5. The maximum atomic E-state index is 13.3. The third-order valence-corrected chi connectivity index (χ3v) is 6.47. The number of amides is 2. The molecular weight excluding hydrogens is 494 g/mol. The molecule has 1 saturated heterocycles. The Bertz CT molecular complexity index is 1490. The van der Waals surface area contributed by atoms with Crippen molar-refractivity contribution in [3.63, 3.8) is 0 Å². The van der Waals surface area contributed by atoms with Crippen LogP contribution in [0.15, 0.2) is 61.6 Å². The maximum Gasteiger partial charge on any atom is 0.247 e. The molecule has 1 aromatic carbocycles. The molecule has 3 aromatic heterocycles. The number of Topliss-reactive ketones (excluding diaryl/α,β-unsaturated/α-hetero) is 1. The number of carbonyl (C=O) groups is 3. The van der Waals surface area contributed by atoms with Crippen LogP contribution in [0.4, 0.5) is 17.1 Å². The highest BCUT2D eigenvalue weighted by atomic mass is 35.5. The number of carbonyl (C=O) groups excluding carboxylic acids is 3. The van der Waals surface area contributed by atoms with Crippen molar-refractivity contribution in [1.29, 1.82) is 0 Å². The highest BCUT2D eigenvalue weighted by Crippen LogP contribution is 2.28. The van der Waals surface area contributed by atoms with E-state index < -0.39 is 6.04 Å². The minimum atomic E-state index is -0.593. The van der Waals surface area contributed by atoms with Gasteiger partial charge in [0, 0.05) is 41.1 Å². The Kier molecular flexibility index (Phi) is 6.82. The Morgan fingerprint density at radius 2 is 1.81 bits per heavy atom. The third-order valence-electron chi connectivity index (χ3n) is 6.26. The van der Waals surface area contributed by atoms with E-state index in [0.29, 0.717) is 34.9 Å². The van der Waals surface area contributed by atoms with Crippen LogP contribution in [0, 0.1) is 0 Å². The van der Waals surface area contributed by atoms with Crippen molar-refractivity contribution in [2.75, 3.05) is 17.2 Å². The fraction of sp³-hybridized carbons (Fsp3) is 0.231. The first kappa shape index (κ1) is 24.4. The van der Waals surface area contributed by atoms with E-state index in [0.717, 1.165) is 23.0 Å². The van der Waals surface area contributed by atoms with Gasteiger partial charge in [0.15, 0.2) is 5.78 Å². The summed E-state index contributed by atoms with van der Waals surface area (Å²) in [5.41, 5.74) is 3.22. The summed E-state index contributed by atoms with van der Waals surface area (Å²) in [6.45, 7) is 1.99. The van der Waals surface area contributed by atoms with E-state index >= 15 is 0 Å². The van der Waals surface area contributed by atoms with E-state index in [4.69, 9.17) is 11.6 Å². The molecule has 0 radical (unpaired) electrons. The molecule has 1 fully saturated rings. The predicted octanol–water partition coefficient (Wildman–Crippen LogP) is 4.06. The zero-order valence-electron chi connectivity index (χ0n) is 20.0. The smallest absolute Gasteiger partial charge is 0.247 e. The first-order chi connectivity index (χ1) is 17.9. The first-order valence-electron chi connectivity index (χ1n) is 11.8. The maximum absolute atomic E-state index is 13.3. The quantitative estimate of drug-likeness (QED) is 0.354. The van der Waals surface area contributed by atoms with Crippen molar-refractivity contribution in [3.8, 4) is 0 Å². The second-order valence-electron chi connectivity index (χ2n) is 8.84.